The highest BCUT2D eigenvalue weighted by Crippen LogP contribution is 2.41. The molecule has 5 rings (SSSR count). The van der Waals surface area contributed by atoms with Gasteiger partial charge in [-0.05, 0) is 35.7 Å². The van der Waals surface area contributed by atoms with Crippen molar-refractivity contribution >= 4 is 10.1 Å². The first kappa shape index (κ1) is 30.1. The van der Waals surface area contributed by atoms with E-state index in [4.69, 9.17) is 18.4 Å². The molecule has 5 atom stereocenters. The van der Waals surface area contributed by atoms with Crippen LogP contribution in [0.4, 0.5) is 0 Å². The zero-order chi connectivity index (χ0) is 29.7. The Bertz CT molecular complexity index is 1430. The Morgan fingerprint density at radius 2 is 1.21 bits per heavy atom. The lowest BCUT2D eigenvalue weighted by Gasteiger charge is -2.43. The SMILES string of the molecule is CO[C@H]1O[C@H](COC(c2ccccc2)(c2ccccc2)c2ccccc2)[C@@H](O)[C@H](OS(=O)(=O)c2ccc(C)cc2)[C@@H]1O. The molecule has 4 aromatic rings. The minimum atomic E-state index is -4.34. The normalized spacial score (nSPS) is 23.0. The number of aryl methyl sites for hydroxylation is 1. The monoisotopic (exact) mass is 590 g/mol. The van der Waals surface area contributed by atoms with E-state index >= 15 is 0 Å². The van der Waals surface area contributed by atoms with Crippen molar-refractivity contribution in [1.29, 1.82) is 0 Å². The summed E-state index contributed by atoms with van der Waals surface area (Å²) in [5, 5.41) is 22.3. The van der Waals surface area contributed by atoms with Crippen LogP contribution in [0, 0.1) is 6.92 Å². The number of methoxy groups -OCH3 is 1. The second-order valence-corrected chi connectivity index (χ2v) is 11.8. The molecule has 9 heteroatoms. The molecule has 42 heavy (non-hydrogen) atoms. The van der Waals surface area contributed by atoms with E-state index in [1.165, 1.54) is 19.2 Å². The first-order valence-corrected chi connectivity index (χ1v) is 15.0. The van der Waals surface area contributed by atoms with E-state index in [1.807, 2.05) is 97.9 Å². The van der Waals surface area contributed by atoms with Crippen LogP contribution in [-0.4, -0.2) is 63.1 Å². The highest BCUT2D eigenvalue weighted by molar-refractivity contribution is 7.86. The smallest absolute Gasteiger partial charge is 0.297 e. The van der Waals surface area contributed by atoms with Gasteiger partial charge in [-0.2, -0.15) is 8.42 Å². The summed E-state index contributed by atoms with van der Waals surface area (Å²) in [6, 6.07) is 35.1. The average molecular weight is 591 g/mol. The molecule has 1 saturated heterocycles. The van der Waals surface area contributed by atoms with Crippen LogP contribution in [-0.2, 0) is 34.1 Å². The molecule has 0 aliphatic carbocycles. The molecule has 1 aliphatic heterocycles. The third-order valence-corrected chi connectivity index (χ3v) is 8.75. The number of hydrogen-bond donors (Lipinski definition) is 2. The van der Waals surface area contributed by atoms with Gasteiger partial charge < -0.3 is 24.4 Å². The van der Waals surface area contributed by atoms with Gasteiger partial charge in [0.1, 0.15) is 30.0 Å². The van der Waals surface area contributed by atoms with Crippen molar-refractivity contribution in [3.05, 3.63) is 138 Å². The van der Waals surface area contributed by atoms with Crippen LogP contribution in [0.1, 0.15) is 22.3 Å². The highest BCUT2D eigenvalue weighted by atomic mass is 32.2. The van der Waals surface area contributed by atoms with Gasteiger partial charge in [0.2, 0.25) is 0 Å². The molecule has 0 amide bonds. The quantitative estimate of drug-likeness (QED) is 0.209. The van der Waals surface area contributed by atoms with Gasteiger partial charge in [0, 0.05) is 7.11 Å². The molecule has 0 radical (unpaired) electrons. The molecule has 2 N–H and O–H groups in total. The highest BCUT2D eigenvalue weighted by Gasteiger charge is 2.49. The number of ether oxygens (including phenoxy) is 3. The van der Waals surface area contributed by atoms with E-state index < -0.39 is 46.4 Å². The van der Waals surface area contributed by atoms with Crippen LogP contribution in [0.25, 0.3) is 0 Å². The average Bonchev–Trinajstić information content (AvgIpc) is 3.02. The number of benzene rings is 4. The number of aliphatic hydroxyl groups excluding tert-OH is 2. The van der Waals surface area contributed by atoms with Crippen molar-refractivity contribution in [1.82, 2.24) is 0 Å². The van der Waals surface area contributed by atoms with Crippen molar-refractivity contribution in [3.63, 3.8) is 0 Å². The first-order chi connectivity index (χ1) is 20.3. The lowest BCUT2D eigenvalue weighted by Crippen LogP contribution is -2.60. The van der Waals surface area contributed by atoms with Gasteiger partial charge in [-0.25, -0.2) is 0 Å². The summed E-state index contributed by atoms with van der Waals surface area (Å²) >= 11 is 0. The maximum absolute atomic E-state index is 13.1. The lowest BCUT2D eigenvalue weighted by molar-refractivity contribution is -0.294. The number of rotatable bonds is 10. The number of aliphatic hydroxyl groups is 2. The molecule has 0 bridgehead atoms. The molecule has 0 spiro atoms. The van der Waals surface area contributed by atoms with Crippen LogP contribution in [0.3, 0.4) is 0 Å². The Morgan fingerprint density at radius 1 is 0.738 bits per heavy atom. The van der Waals surface area contributed by atoms with E-state index in [0.717, 1.165) is 22.3 Å². The third-order valence-electron chi connectivity index (χ3n) is 7.43. The minimum Gasteiger partial charge on any atom is -0.387 e. The molecule has 1 aliphatic rings. The Morgan fingerprint density at radius 3 is 1.67 bits per heavy atom. The van der Waals surface area contributed by atoms with Gasteiger partial charge in [0.15, 0.2) is 6.29 Å². The summed E-state index contributed by atoms with van der Waals surface area (Å²) in [7, 11) is -3.03. The largest absolute Gasteiger partial charge is 0.387 e. The summed E-state index contributed by atoms with van der Waals surface area (Å²) < 4.78 is 49.7. The van der Waals surface area contributed by atoms with Gasteiger partial charge in [-0.15, -0.1) is 0 Å². The summed E-state index contributed by atoms with van der Waals surface area (Å²) in [4.78, 5) is -0.1000. The van der Waals surface area contributed by atoms with Gasteiger partial charge in [0.05, 0.1) is 11.5 Å². The van der Waals surface area contributed by atoms with Crippen LogP contribution in [0.5, 0.6) is 0 Å². The first-order valence-electron chi connectivity index (χ1n) is 13.6. The minimum absolute atomic E-state index is 0.1000. The van der Waals surface area contributed by atoms with Crippen LogP contribution < -0.4 is 0 Å². The molecule has 1 heterocycles. The van der Waals surface area contributed by atoms with Crippen LogP contribution >= 0.6 is 0 Å². The van der Waals surface area contributed by atoms with Gasteiger partial charge in [-0.1, -0.05) is 109 Å². The lowest BCUT2D eigenvalue weighted by atomic mass is 9.80. The third kappa shape index (κ3) is 6.04. The standard InChI is InChI=1S/C33H34O8S/c1-23-18-20-27(21-19-23)42(36,37)41-31-29(34)28(40-32(38-2)30(31)35)22-39-33(24-12-6-3-7-13-24,25-14-8-4-9-15-25)26-16-10-5-11-17-26/h3-21,28-32,34-35H,22H2,1-2H3/t28-,29-,30+,31+,32+/m1/s1. The fourth-order valence-corrected chi connectivity index (χ4v) is 6.33. The van der Waals surface area contributed by atoms with E-state index in [0.29, 0.717) is 0 Å². The maximum atomic E-state index is 13.1. The Balaban J connectivity index is 1.50. The Hall–Kier alpha value is -3.41. The zero-order valence-corrected chi connectivity index (χ0v) is 24.1. The second-order valence-electron chi connectivity index (χ2n) is 10.2. The molecule has 0 saturated carbocycles. The maximum Gasteiger partial charge on any atom is 0.297 e. The topological polar surface area (TPSA) is 112 Å². The van der Waals surface area contributed by atoms with Crippen molar-refractivity contribution in [2.45, 2.75) is 48.1 Å². The fraction of sp³-hybridized carbons (Fsp3) is 0.273. The second kappa shape index (κ2) is 12.8. The molecule has 220 valence electrons. The van der Waals surface area contributed by atoms with Crippen molar-refractivity contribution in [3.8, 4) is 0 Å². The summed E-state index contributed by atoms with van der Waals surface area (Å²) in [5.74, 6) is 0. The van der Waals surface area contributed by atoms with Crippen molar-refractivity contribution < 1.29 is 37.0 Å². The van der Waals surface area contributed by atoms with E-state index in [9.17, 15) is 18.6 Å². The molecule has 8 nitrogen and oxygen atoms in total. The van der Waals surface area contributed by atoms with E-state index in [-0.39, 0.29) is 11.5 Å². The van der Waals surface area contributed by atoms with E-state index in [1.54, 1.807) is 12.1 Å². The summed E-state index contributed by atoms with van der Waals surface area (Å²) in [6.45, 7) is 1.63. The molecule has 0 aromatic heterocycles. The predicted octanol–water partition coefficient (Wildman–Crippen LogP) is 4.17. The molecular formula is C33H34O8S. The molecule has 0 unspecified atom stereocenters. The molecule has 1 fully saturated rings. The van der Waals surface area contributed by atoms with Crippen LogP contribution in [0.15, 0.2) is 120 Å². The zero-order valence-electron chi connectivity index (χ0n) is 23.3. The Kier molecular flexibility index (Phi) is 9.19. The predicted molar refractivity (Wildman–Crippen MR) is 156 cm³/mol. The van der Waals surface area contributed by atoms with Crippen molar-refractivity contribution in [2.75, 3.05) is 13.7 Å². The van der Waals surface area contributed by atoms with E-state index in [2.05, 4.69) is 0 Å². The number of hydrogen-bond acceptors (Lipinski definition) is 8. The summed E-state index contributed by atoms with van der Waals surface area (Å²) in [5.41, 5.74) is 2.27. The molecular weight excluding hydrogens is 556 g/mol. The Labute approximate surface area is 246 Å². The van der Waals surface area contributed by atoms with Crippen LogP contribution in [0.2, 0.25) is 0 Å². The van der Waals surface area contributed by atoms with Crippen molar-refractivity contribution in [2.24, 2.45) is 0 Å². The fourth-order valence-electron chi connectivity index (χ4n) is 5.23. The van der Waals surface area contributed by atoms with Gasteiger partial charge in [-0.3, -0.25) is 4.18 Å². The van der Waals surface area contributed by atoms with Gasteiger partial charge >= 0.3 is 0 Å². The summed E-state index contributed by atoms with van der Waals surface area (Å²) in [6.07, 6.45) is -7.15. The molecule has 4 aromatic carbocycles. The van der Waals surface area contributed by atoms with Gasteiger partial charge in [0.25, 0.3) is 10.1 Å².